The van der Waals surface area contributed by atoms with Gasteiger partial charge in [0.15, 0.2) is 0 Å². The lowest BCUT2D eigenvalue weighted by molar-refractivity contribution is -0.142. The van der Waals surface area contributed by atoms with Crippen molar-refractivity contribution < 1.29 is 14.4 Å². The molecule has 1 N–H and O–H groups in total. The van der Waals surface area contributed by atoms with E-state index in [4.69, 9.17) is 0 Å². The van der Waals surface area contributed by atoms with E-state index >= 15 is 0 Å². The van der Waals surface area contributed by atoms with Crippen molar-refractivity contribution in [2.75, 3.05) is 6.54 Å². The summed E-state index contributed by atoms with van der Waals surface area (Å²) in [6.07, 6.45) is 11.0. The van der Waals surface area contributed by atoms with Gasteiger partial charge in [-0.3, -0.25) is 19.7 Å². The highest BCUT2D eigenvalue weighted by Gasteiger charge is 2.38. The Labute approximate surface area is 132 Å². The highest BCUT2D eigenvalue weighted by Crippen LogP contribution is 2.26. The Morgan fingerprint density at radius 1 is 1.32 bits per heavy atom. The van der Waals surface area contributed by atoms with Crippen LogP contribution in [-0.4, -0.2) is 35.2 Å². The van der Waals surface area contributed by atoms with E-state index in [1.807, 2.05) is 20.8 Å². The summed E-state index contributed by atoms with van der Waals surface area (Å²) >= 11 is 0. The van der Waals surface area contributed by atoms with Crippen molar-refractivity contribution in [1.29, 1.82) is 0 Å². The van der Waals surface area contributed by atoms with Crippen LogP contribution in [0.1, 0.15) is 40.0 Å². The Hall–Kier alpha value is -2.35. The molecule has 1 atom stereocenters. The summed E-state index contributed by atoms with van der Waals surface area (Å²) in [5.41, 5.74) is 1.60. The van der Waals surface area contributed by atoms with Crippen LogP contribution in [0.2, 0.25) is 0 Å². The fourth-order valence-corrected chi connectivity index (χ4v) is 2.43. The van der Waals surface area contributed by atoms with E-state index < -0.39 is 6.04 Å². The first-order chi connectivity index (χ1) is 10.6. The van der Waals surface area contributed by atoms with Crippen LogP contribution in [0.15, 0.2) is 23.8 Å². The van der Waals surface area contributed by atoms with Crippen molar-refractivity contribution in [2.24, 2.45) is 0 Å². The van der Waals surface area contributed by atoms with Gasteiger partial charge < -0.3 is 4.90 Å². The number of amides is 3. The molecule has 0 aromatic carbocycles. The van der Waals surface area contributed by atoms with Crippen molar-refractivity contribution in [2.45, 2.75) is 46.1 Å². The van der Waals surface area contributed by atoms with Crippen molar-refractivity contribution in [3.63, 3.8) is 0 Å². The molecule has 2 rings (SSSR count). The van der Waals surface area contributed by atoms with Gasteiger partial charge in [-0.05, 0) is 18.4 Å². The van der Waals surface area contributed by atoms with Gasteiger partial charge in [0, 0.05) is 18.5 Å². The molecule has 2 heterocycles. The summed E-state index contributed by atoms with van der Waals surface area (Å²) in [5, 5.41) is 2.28. The monoisotopic (exact) mass is 304 g/mol. The Morgan fingerprint density at radius 3 is 2.32 bits per heavy atom. The lowest BCUT2D eigenvalue weighted by Gasteiger charge is -2.29. The molecule has 2 aliphatic rings. The molecule has 5 nitrogen and oxygen atoms in total. The number of nitrogens with one attached hydrogen (secondary N) is 1. The molecular formula is C17H24N2O3. The minimum atomic E-state index is -0.533. The van der Waals surface area contributed by atoms with Gasteiger partial charge in [-0.2, -0.15) is 0 Å². The zero-order chi connectivity index (χ0) is 17.3. The number of piperidine rings is 1. The lowest BCUT2D eigenvalue weighted by Crippen LogP contribution is -2.53. The van der Waals surface area contributed by atoms with Crippen LogP contribution in [0.25, 0.3) is 0 Å². The molecule has 0 aromatic heterocycles. The van der Waals surface area contributed by atoms with Gasteiger partial charge in [-0.15, -0.1) is 12.8 Å². The van der Waals surface area contributed by atoms with Crippen LogP contribution < -0.4 is 5.32 Å². The van der Waals surface area contributed by atoms with Gasteiger partial charge in [-0.25, -0.2) is 0 Å². The highest BCUT2D eigenvalue weighted by atomic mass is 16.2. The maximum absolute atomic E-state index is 12.2. The predicted molar refractivity (Wildman–Crippen MR) is 86.6 cm³/mol. The Morgan fingerprint density at radius 2 is 1.91 bits per heavy atom. The molecule has 1 saturated heterocycles. The minimum Gasteiger partial charge on any atom is -0.323 e. The molecule has 0 aliphatic carbocycles. The van der Waals surface area contributed by atoms with Gasteiger partial charge in [0.1, 0.15) is 6.04 Å². The molecule has 22 heavy (non-hydrogen) atoms. The van der Waals surface area contributed by atoms with E-state index in [1.165, 1.54) is 4.90 Å². The van der Waals surface area contributed by atoms with Crippen molar-refractivity contribution in [3.8, 4) is 12.8 Å². The van der Waals surface area contributed by atoms with E-state index in [9.17, 15) is 14.4 Å². The summed E-state index contributed by atoms with van der Waals surface area (Å²) in [4.78, 5) is 36.6. The van der Waals surface area contributed by atoms with Gasteiger partial charge in [0.05, 0.1) is 0 Å². The summed E-state index contributed by atoms with van der Waals surface area (Å²) in [5.74, 6) is -0.799. The maximum atomic E-state index is 12.2. The quantitative estimate of drug-likeness (QED) is 0.638. The Balaban J connectivity index is 0.00000102. The fourth-order valence-electron chi connectivity index (χ4n) is 2.43. The first-order valence-electron chi connectivity index (χ1n) is 7.41. The van der Waals surface area contributed by atoms with Crippen molar-refractivity contribution in [1.82, 2.24) is 10.2 Å². The topological polar surface area (TPSA) is 66.5 Å². The van der Waals surface area contributed by atoms with Crippen LogP contribution in [0, 0.1) is 12.8 Å². The number of rotatable bonds is 3. The van der Waals surface area contributed by atoms with E-state index in [2.05, 4.69) is 24.7 Å². The molecule has 120 valence electrons. The molecule has 3 amide bonds. The average Bonchev–Trinajstić information content (AvgIpc) is 2.87. The summed E-state index contributed by atoms with van der Waals surface area (Å²) in [6.45, 7) is 10.1. The minimum absolute atomic E-state index is 0.156. The molecule has 0 saturated carbocycles. The van der Waals surface area contributed by atoms with Gasteiger partial charge >= 0.3 is 0 Å². The summed E-state index contributed by atoms with van der Waals surface area (Å²) in [6, 6.07) is -0.533. The highest BCUT2D eigenvalue weighted by molar-refractivity contribution is 6.05. The average molecular weight is 304 g/mol. The number of hydrogen-bond donors (Lipinski definition) is 1. The fraction of sp³-hybridized carbons (Fsp3) is 0.471. The van der Waals surface area contributed by atoms with E-state index in [1.54, 1.807) is 6.08 Å². The maximum Gasteiger partial charge on any atom is 0.254 e. The van der Waals surface area contributed by atoms with Crippen LogP contribution in [0.3, 0.4) is 0 Å². The van der Waals surface area contributed by atoms with Crippen LogP contribution in [-0.2, 0) is 14.4 Å². The second-order valence-electron chi connectivity index (χ2n) is 4.47. The first-order valence-corrected chi connectivity index (χ1v) is 7.41. The smallest absolute Gasteiger partial charge is 0.254 e. The molecule has 2 aliphatic heterocycles. The number of nitrogens with zero attached hydrogens (tertiary/aromatic N) is 1. The van der Waals surface area contributed by atoms with Gasteiger partial charge in [-0.1, -0.05) is 33.4 Å². The lowest BCUT2D eigenvalue weighted by atomic mass is 10.0. The molecule has 0 spiro atoms. The summed E-state index contributed by atoms with van der Waals surface area (Å²) in [7, 11) is 0. The van der Waals surface area contributed by atoms with E-state index in [0.29, 0.717) is 18.5 Å². The van der Waals surface area contributed by atoms with Crippen LogP contribution >= 0.6 is 0 Å². The zero-order valence-corrected chi connectivity index (χ0v) is 13.5. The second-order valence-corrected chi connectivity index (χ2v) is 4.47. The predicted octanol–water partition coefficient (Wildman–Crippen LogP) is 1.80. The summed E-state index contributed by atoms with van der Waals surface area (Å²) < 4.78 is 0. The van der Waals surface area contributed by atoms with Crippen LogP contribution in [0.4, 0.5) is 0 Å². The van der Waals surface area contributed by atoms with E-state index in [-0.39, 0.29) is 24.1 Å². The third-order valence-electron chi connectivity index (χ3n) is 3.45. The molecule has 0 radical (unpaired) electrons. The van der Waals surface area contributed by atoms with Crippen molar-refractivity contribution >= 4 is 17.7 Å². The number of carbonyl (C=O) groups is 3. The van der Waals surface area contributed by atoms with E-state index in [0.717, 1.165) is 12.0 Å². The molecule has 1 fully saturated rings. The first kappa shape index (κ1) is 19.7. The number of imide groups is 1. The molecular weight excluding hydrogens is 280 g/mol. The normalized spacial score (nSPS) is 20.5. The number of hydrogen-bond acceptors (Lipinski definition) is 3. The number of carbonyl (C=O) groups excluding carboxylic acids is 3. The SMILES string of the molecule is C#C.C=CC1=C(CC)CN(C2CCC(=O)NC2=O)C1=O.CC. The number of terminal acetylenes is 1. The molecule has 0 bridgehead atoms. The van der Waals surface area contributed by atoms with Gasteiger partial charge in [0.2, 0.25) is 11.8 Å². The molecule has 1 unspecified atom stereocenters. The zero-order valence-electron chi connectivity index (χ0n) is 13.5. The third-order valence-corrected chi connectivity index (χ3v) is 3.45. The largest absolute Gasteiger partial charge is 0.323 e. The molecule has 0 aromatic rings. The van der Waals surface area contributed by atoms with Gasteiger partial charge in [0.25, 0.3) is 5.91 Å². The second kappa shape index (κ2) is 9.56. The van der Waals surface area contributed by atoms with Crippen LogP contribution in [0.5, 0.6) is 0 Å². The molecule has 5 heteroatoms. The standard InChI is InChI=1S/C13H16N2O3.C2H6.C2H2/c1-3-8-7-15(13(18)9(8)4-2)10-5-6-11(16)14-12(10)17;2*1-2/h4,10H,2-3,5-7H2,1H3,(H,14,16,17);1-2H3;1-2H. The third kappa shape index (κ3) is 4.08. The van der Waals surface area contributed by atoms with Crippen molar-refractivity contribution in [3.05, 3.63) is 23.8 Å². The Bertz CT molecular complexity index is 503. The Kier molecular flexibility index (Phi) is 8.54.